The highest BCUT2D eigenvalue weighted by molar-refractivity contribution is 7.98. The first-order valence-corrected chi connectivity index (χ1v) is 10.5. The number of para-hydroxylation sites is 1. The molecule has 2 aromatic carbocycles. The van der Waals surface area contributed by atoms with Crippen molar-refractivity contribution in [3.63, 3.8) is 0 Å². The van der Waals surface area contributed by atoms with Crippen molar-refractivity contribution in [1.82, 2.24) is 15.5 Å². The molecular weight excluding hydrogens is 374 g/mol. The van der Waals surface area contributed by atoms with Gasteiger partial charge in [0.2, 0.25) is 11.8 Å². The van der Waals surface area contributed by atoms with E-state index in [4.69, 9.17) is 13.9 Å². The first-order valence-electron chi connectivity index (χ1n) is 9.31. The molecule has 0 atom stereocenters. The summed E-state index contributed by atoms with van der Waals surface area (Å²) in [5.41, 5.74) is 0.888. The van der Waals surface area contributed by atoms with Crippen LogP contribution in [0.1, 0.15) is 12.3 Å². The fourth-order valence-corrected chi connectivity index (χ4v) is 3.09. The predicted molar refractivity (Wildman–Crippen MR) is 112 cm³/mol. The number of rotatable bonds is 12. The average Bonchev–Trinajstić information content (AvgIpc) is 3.21. The molecule has 0 bridgehead atoms. The van der Waals surface area contributed by atoms with Crippen LogP contribution in [0.4, 0.5) is 0 Å². The van der Waals surface area contributed by atoms with Gasteiger partial charge in [-0.05, 0) is 56.4 Å². The monoisotopic (exact) mass is 399 g/mol. The van der Waals surface area contributed by atoms with Crippen molar-refractivity contribution in [2.45, 2.75) is 12.2 Å². The Morgan fingerprint density at radius 2 is 1.68 bits per heavy atom. The van der Waals surface area contributed by atoms with Gasteiger partial charge in [-0.2, -0.15) is 0 Å². The highest BCUT2D eigenvalue weighted by atomic mass is 32.2. The number of nitrogens with zero attached hydrogens (tertiary/aromatic N) is 2. The summed E-state index contributed by atoms with van der Waals surface area (Å²) in [4.78, 5) is 0. The summed E-state index contributed by atoms with van der Waals surface area (Å²) in [5.74, 6) is 4.39. The van der Waals surface area contributed by atoms with E-state index < -0.39 is 0 Å². The third-order valence-electron chi connectivity index (χ3n) is 3.87. The molecule has 1 N–H and O–H groups in total. The zero-order chi connectivity index (χ0) is 19.4. The lowest BCUT2D eigenvalue weighted by Crippen LogP contribution is -2.11. The molecule has 3 rings (SSSR count). The number of ether oxygens (including phenoxy) is 2. The molecule has 0 unspecified atom stereocenters. The van der Waals surface area contributed by atoms with Crippen LogP contribution in [0, 0.1) is 0 Å². The van der Waals surface area contributed by atoms with E-state index in [0.717, 1.165) is 35.8 Å². The van der Waals surface area contributed by atoms with Crippen LogP contribution in [0.25, 0.3) is 11.5 Å². The molecule has 7 heteroatoms. The van der Waals surface area contributed by atoms with E-state index in [1.165, 1.54) is 0 Å². The van der Waals surface area contributed by atoms with E-state index in [9.17, 15) is 0 Å². The molecule has 0 spiro atoms. The van der Waals surface area contributed by atoms with Crippen molar-refractivity contribution >= 4 is 11.8 Å². The third kappa shape index (κ3) is 6.58. The lowest BCUT2D eigenvalue weighted by molar-refractivity contribution is 0.310. The van der Waals surface area contributed by atoms with Gasteiger partial charge in [0.15, 0.2) is 0 Å². The number of benzene rings is 2. The van der Waals surface area contributed by atoms with E-state index in [1.54, 1.807) is 11.8 Å². The van der Waals surface area contributed by atoms with Gasteiger partial charge in [0.05, 0.1) is 19.0 Å². The van der Waals surface area contributed by atoms with E-state index in [-0.39, 0.29) is 0 Å². The highest BCUT2D eigenvalue weighted by Crippen LogP contribution is 2.23. The molecule has 0 aliphatic rings. The minimum atomic E-state index is 0.526. The van der Waals surface area contributed by atoms with Gasteiger partial charge in [0, 0.05) is 11.3 Å². The molecule has 28 heavy (non-hydrogen) atoms. The van der Waals surface area contributed by atoms with Crippen LogP contribution in [-0.4, -0.2) is 42.8 Å². The average molecular weight is 400 g/mol. The van der Waals surface area contributed by atoms with Gasteiger partial charge in [-0.15, -0.1) is 22.0 Å². The number of aromatic nitrogens is 2. The second-order valence-corrected chi connectivity index (χ2v) is 7.15. The summed E-state index contributed by atoms with van der Waals surface area (Å²) in [7, 11) is 1.93. The summed E-state index contributed by atoms with van der Waals surface area (Å²) in [5, 5.41) is 11.4. The first-order chi connectivity index (χ1) is 13.8. The number of hydrogen-bond donors (Lipinski definition) is 1. The van der Waals surface area contributed by atoms with Crippen LogP contribution in [-0.2, 0) is 5.75 Å². The Morgan fingerprint density at radius 3 is 2.46 bits per heavy atom. The fourth-order valence-electron chi connectivity index (χ4n) is 2.46. The van der Waals surface area contributed by atoms with E-state index in [0.29, 0.717) is 30.7 Å². The molecule has 148 valence electrons. The van der Waals surface area contributed by atoms with Gasteiger partial charge >= 0.3 is 0 Å². The van der Waals surface area contributed by atoms with E-state index in [1.807, 2.05) is 61.6 Å². The Kier molecular flexibility index (Phi) is 8.21. The smallest absolute Gasteiger partial charge is 0.247 e. The Hall–Kier alpha value is -2.51. The lowest BCUT2D eigenvalue weighted by atomic mass is 10.2. The minimum absolute atomic E-state index is 0.526. The molecule has 0 saturated heterocycles. The van der Waals surface area contributed by atoms with Gasteiger partial charge in [-0.3, -0.25) is 0 Å². The number of hydrogen-bond acceptors (Lipinski definition) is 7. The molecule has 0 amide bonds. The molecular formula is C21H25N3O3S. The van der Waals surface area contributed by atoms with E-state index >= 15 is 0 Å². The molecule has 1 aromatic heterocycles. The van der Waals surface area contributed by atoms with Gasteiger partial charge in [-0.1, -0.05) is 18.2 Å². The highest BCUT2D eigenvalue weighted by Gasteiger charge is 2.09. The van der Waals surface area contributed by atoms with Crippen molar-refractivity contribution in [2.24, 2.45) is 0 Å². The topological polar surface area (TPSA) is 69.4 Å². The summed E-state index contributed by atoms with van der Waals surface area (Å²) in [6.45, 7) is 2.28. The Balaban J connectivity index is 1.39. The lowest BCUT2D eigenvalue weighted by Gasteiger charge is -2.06. The van der Waals surface area contributed by atoms with Crippen LogP contribution in [0.3, 0.4) is 0 Å². The van der Waals surface area contributed by atoms with E-state index in [2.05, 4.69) is 15.5 Å². The van der Waals surface area contributed by atoms with Crippen LogP contribution in [0.5, 0.6) is 11.5 Å². The zero-order valence-corrected chi connectivity index (χ0v) is 16.8. The Bertz CT molecular complexity index is 809. The SMILES string of the molecule is CNCCCOc1ccc(-c2nnc(CSCCOc3ccccc3)o2)cc1. The summed E-state index contributed by atoms with van der Waals surface area (Å²) >= 11 is 1.70. The molecule has 3 aromatic rings. The van der Waals surface area contributed by atoms with Crippen LogP contribution < -0.4 is 14.8 Å². The van der Waals surface area contributed by atoms with Gasteiger partial charge in [-0.25, -0.2) is 0 Å². The molecule has 0 fully saturated rings. The number of nitrogens with one attached hydrogen (secondary N) is 1. The van der Waals surface area contributed by atoms with Crippen molar-refractivity contribution in [2.75, 3.05) is 32.6 Å². The maximum Gasteiger partial charge on any atom is 0.247 e. The second kappa shape index (κ2) is 11.4. The zero-order valence-electron chi connectivity index (χ0n) is 16.0. The number of thioether (sulfide) groups is 1. The Morgan fingerprint density at radius 1 is 0.929 bits per heavy atom. The molecule has 0 saturated carbocycles. The Labute approximate surface area is 169 Å². The first kappa shape index (κ1) is 20.2. The van der Waals surface area contributed by atoms with Gasteiger partial charge in [0.25, 0.3) is 0 Å². The maximum atomic E-state index is 5.75. The molecule has 0 radical (unpaired) electrons. The minimum Gasteiger partial charge on any atom is -0.494 e. The molecule has 6 nitrogen and oxygen atoms in total. The maximum absolute atomic E-state index is 5.75. The molecule has 0 aliphatic carbocycles. The standard InChI is InChI=1S/C21H25N3O3S/c1-22-12-5-13-25-19-10-8-17(9-11-19)21-24-23-20(27-21)16-28-15-14-26-18-6-3-2-4-7-18/h2-4,6-11,22H,5,12-16H2,1H3. The van der Waals surface area contributed by atoms with Crippen molar-refractivity contribution in [3.05, 3.63) is 60.5 Å². The molecule has 0 aliphatic heterocycles. The van der Waals surface area contributed by atoms with Gasteiger partial charge < -0.3 is 19.2 Å². The van der Waals surface area contributed by atoms with Crippen LogP contribution >= 0.6 is 11.8 Å². The van der Waals surface area contributed by atoms with Crippen molar-refractivity contribution < 1.29 is 13.9 Å². The predicted octanol–water partition coefficient (Wildman–Crippen LogP) is 4.04. The fraction of sp³-hybridized carbons (Fsp3) is 0.333. The summed E-state index contributed by atoms with van der Waals surface area (Å²) < 4.78 is 17.1. The summed E-state index contributed by atoms with van der Waals surface area (Å²) in [6, 6.07) is 17.5. The normalized spacial score (nSPS) is 10.8. The molecule has 1 heterocycles. The summed E-state index contributed by atoms with van der Waals surface area (Å²) in [6.07, 6.45) is 0.972. The second-order valence-electron chi connectivity index (χ2n) is 6.04. The van der Waals surface area contributed by atoms with Crippen molar-refractivity contribution in [1.29, 1.82) is 0 Å². The quantitative estimate of drug-likeness (QED) is 0.461. The van der Waals surface area contributed by atoms with Crippen LogP contribution in [0.15, 0.2) is 59.0 Å². The third-order valence-corrected chi connectivity index (χ3v) is 4.78. The largest absolute Gasteiger partial charge is 0.494 e. The van der Waals surface area contributed by atoms with Gasteiger partial charge in [0.1, 0.15) is 11.5 Å². The van der Waals surface area contributed by atoms with Crippen molar-refractivity contribution in [3.8, 4) is 23.0 Å². The van der Waals surface area contributed by atoms with Crippen LogP contribution in [0.2, 0.25) is 0 Å².